The molecule has 0 amide bonds. The Balaban J connectivity index is 2.88. The van der Waals surface area contributed by atoms with Gasteiger partial charge in [0.2, 0.25) is 0 Å². The first kappa shape index (κ1) is 12.5. The second kappa shape index (κ2) is 6.11. The molecular weight excluding hydrogens is 228 g/mol. The molecular formula is C11H11ClN2O2. The van der Waals surface area contributed by atoms with Crippen molar-refractivity contribution in [1.29, 1.82) is 0 Å². The third-order valence-electron chi connectivity index (χ3n) is 1.88. The Kier molecular flexibility index (Phi) is 4.77. The van der Waals surface area contributed by atoms with E-state index < -0.39 is 4.92 Å². The van der Waals surface area contributed by atoms with Crippen molar-refractivity contribution in [2.45, 2.75) is 6.42 Å². The maximum atomic E-state index is 10.5. The molecule has 0 aliphatic carbocycles. The summed E-state index contributed by atoms with van der Waals surface area (Å²) in [6.45, 7) is 0.777. The van der Waals surface area contributed by atoms with Gasteiger partial charge in [-0.1, -0.05) is 23.4 Å². The van der Waals surface area contributed by atoms with Gasteiger partial charge in [0, 0.05) is 30.7 Å². The van der Waals surface area contributed by atoms with Crippen LogP contribution < -0.4 is 5.32 Å². The van der Waals surface area contributed by atoms with E-state index in [1.807, 2.05) is 7.05 Å². The van der Waals surface area contributed by atoms with Crippen LogP contribution in [0.25, 0.3) is 0 Å². The molecule has 0 saturated carbocycles. The Morgan fingerprint density at radius 1 is 1.56 bits per heavy atom. The van der Waals surface area contributed by atoms with Crippen molar-refractivity contribution in [2.75, 3.05) is 13.6 Å². The smallest absolute Gasteiger partial charge is 0.270 e. The van der Waals surface area contributed by atoms with Gasteiger partial charge < -0.3 is 5.32 Å². The first-order chi connectivity index (χ1) is 7.65. The summed E-state index contributed by atoms with van der Waals surface area (Å²) in [5.74, 6) is 5.71. The molecule has 0 aliphatic rings. The number of nitrogens with zero attached hydrogens (tertiary/aromatic N) is 1. The quantitative estimate of drug-likeness (QED) is 0.380. The number of nitrogens with one attached hydrogen (secondary N) is 1. The fourth-order valence-corrected chi connectivity index (χ4v) is 1.23. The monoisotopic (exact) mass is 238 g/mol. The first-order valence-corrected chi connectivity index (χ1v) is 5.10. The molecule has 4 nitrogen and oxygen atoms in total. The van der Waals surface area contributed by atoms with Crippen molar-refractivity contribution in [1.82, 2.24) is 5.32 Å². The molecule has 0 bridgehead atoms. The van der Waals surface area contributed by atoms with Gasteiger partial charge in [0.25, 0.3) is 5.69 Å². The minimum Gasteiger partial charge on any atom is -0.319 e. The van der Waals surface area contributed by atoms with E-state index in [1.54, 1.807) is 0 Å². The maximum Gasteiger partial charge on any atom is 0.270 e. The van der Waals surface area contributed by atoms with Crippen LogP contribution in [0.15, 0.2) is 18.2 Å². The lowest BCUT2D eigenvalue weighted by atomic mass is 10.2. The van der Waals surface area contributed by atoms with Crippen molar-refractivity contribution < 1.29 is 4.92 Å². The fourth-order valence-electron chi connectivity index (χ4n) is 1.07. The zero-order chi connectivity index (χ0) is 12.0. The molecule has 0 unspecified atom stereocenters. The van der Waals surface area contributed by atoms with E-state index in [-0.39, 0.29) is 5.69 Å². The Labute approximate surface area is 98.8 Å². The molecule has 1 aromatic rings. The topological polar surface area (TPSA) is 55.2 Å². The molecule has 0 aliphatic heterocycles. The fraction of sp³-hybridized carbons (Fsp3) is 0.273. The largest absolute Gasteiger partial charge is 0.319 e. The minimum atomic E-state index is -0.463. The molecule has 5 heteroatoms. The normalized spacial score (nSPS) is 9.38. The van der Waals surface area contributed by atoms with E-state index in [0.29, 0.717) is 17.0 Å². The molecule has 1 aromatic carbocycles. The molecule has 0 saturated heterocycles. The molecule has 0 heterocycles. The SMILES string of the molecule is CNCCC#Cc1cc([N+](=O)[O-])ccc1Cl. The molecule has 16 heavy (non-hydrogen) atoms. The Morgan fingerprint density at radius 3 is 2.94 bits per heavy atom. The van der Waals surface area contributed by atoms with Gasteiger partial charge >= 0.3 is 0 Å². The van der Waals surface area contributed by atoms with Gasteiger partial charge in [-0.25, -0.2) is 0 Å². The van der Waals surface area contributed by atoms with Crippen LogP contribution in [-0.4, -0.2) is 18.5 Å². The number of nitro benzene ring substituents is 1. The van der Waals surface area contributed by atoms with Crippen molar-refractivity contribution in [3.63, 3.8) is 0 Å². The van der Waals surface area contributed by atoms with Gasteiger partial charge in [-0.05, 0) is 13.1 Å². The van der Waals surface area contributed by atoms with E-state index >= 15 is 0 Å². The molecule has 1 rings (SSSR count). The number of rotatable bonds is 3. The average molecular weight is 239 g/mol. The summed E-state index contributed by atoms with van der Waals surface area (Å²) in [5, 5.41) is 13.9. The van der Waals surface area contributed by atoms with Crippen molar-refractivity contribution in [3.8, 4) is 11.8 Å². The summed E-state index contributed by atoms with van der Waals surface area (Å²) < 4.78 is 0. The molecule has 0 spiro atoms. The molecule has 0 aromatic heterocycles. The number of non-ortho nitro benzene ring substituents is 1. The van der Waals surface area contributed by atoms with Gasteiger partial charge in [-0.15, -0.1) is 0 Å². The summed E-state index contributed by atoms with van der Waals surface area (Å²) >= 11 is 5.87. The second-order valence-corrected chi connectivity index (χ2v) is 3.48. The van der Waals surface area contributed by atoms with Crippen LogP contribution in [0.3, 0.4) is 0 Å². The van der Waals surface area contributed by atoms with E-state index in [0.717, 1.165) is 6.54 Å². The van der Waals surface area contributed by atoms with Crippen LogP contribution in [0, 0.1) is 22.0 Å². The van der Waals surface area contributed by atoms with E-state index in [2.05, 4.69) is 17.2 Å². The van der Waals surface area contributed by atoms with Crippen LogP contribution >= 0.6 is 11.6 Å². The molecule has 1 N–H and O–H groups in total. The number of hydrogen-bond acceptors (Lipinski definition) is 3. The summed E-state index contributed by atoms with van der Waals surface area (Å²) in [6.07, 6.45) is 0.676. The zero-order valence-electron chi connectivity index (χ0n) is 8.79. The number of benzene rings is 1. The van der Waals surface area contributed by atoms with Crippen molar-refractivity contribution in [2.24, 2.45) is 0 Å². The Bertz CT molecular complexity index is 449. The number of hydrogen-bond donors (Lipinski definition) is 1. The summed E-state index contributed by atoms with van der Waals surface area (Å²) in [5.41, 5.74) is 0.495. The van der Waals surface area contributed by atoms with Crippen LogP contribution in [-0.2, 0) is 0 Å². The third kappa shape index (κ3) is 3.54. The van der Waals surface area contributed by atoms with Crippen molar-refractivity contribution >= 4 is 17.3 Å². The molecule has 0 fully saturated rings. The number of halogens is 1. The van der Waals surface area contributed by atoms with E-state index in [4.69, 9.17) is 11.6 Å². The first-order valence-electron chi connectivity index (χ1n) is 4.72. The summed E-state index contributed by atoms with van der Waals surface area (Å²) in [4.78, 5) is 10.1. The van der Waals surface area contributed by atoms with Crippen LogP contribution in [0.1, 0.15) is 12.0 Å². The van der Waals surface area contributed by atoms with Crippen LogP contribution in [0.5, 0.6) is 0 Å². The van der Waals surface area contributed by atoms with E-state index in [9.17, 15) is 10.1 Å². The Morgan fingerprint density at radius 2 is 2.31 bits per heavy atom. The predicted molar refractivity (Wildman–Crippen MR) is 63.5 cm³/mol. The standard InChI is InChI=1S/C11H11ClN2O2/c1-13-7-3-2-4-9-8-10(14(15)16)5-6-11(9)12/h5-6,8,13H,3,7H2,1H3. The number of nitro groups is 1. The third-order valence-corrected chi connectivity index (χ3v) is 2.21. The van der Waals surface area contributed by atoms with Gasteiger partial charge in [0.1, 0.15) is 0 Å². The van der Waals surface area contributed by atoms with Crippen molar-refractivity contribution in [3.05, 3.63) is 38.9 Å². The predicted octanol–water partition coefficient (Wildman–Crippen LogP) is 2.21. The molecule has 84 valence electrons. The zero-order valence-corrected chi connectivity index (χ0v) is 9.54. The minimum absolute atomic E-state index is 0.00214. The molecule has 0 atom stereocenters. The highest BCUT2D eigenvalue weighted by Gasteiger charge is 2.07. The van der Waals surface area contributed by atoms with Gasteiger partial charge in [-0.3, -0.25) is 10.1 Å². The van der Waals surface area contributed by atoms with Gasteiger partial charge in [-0.2, -0.15) is 0 Å². The lowest BCUT2D eigenvalue weighted by molar-refractivity contribution is -0.384. The maximum absolute atomic E-state index is 10.5. The average Bonchev–Trinajstić information content (AvgIpc) is 2.26. The highest BCUT2D eigenvalue weighted by Crippen LogP contribution is 2.20. The highest BCUT2D eigenvalue weighted by atomic mass is 35.5. The lowest BCUT2D eigenvalue weighted by Gasteiger charge is -1.96. The second-order valence-electron chi connectivity index (χ2n) is 3.08. The molecule has 0 radical (unpaired) electrons. The van der Waals surface area contributed by atoms with E-state index in [1.165, 1.54) is 18.2 Å². The highest BCUT2D eigenvalue weighted by molar-refractivity contribution is 6.31. The van der Waals surface area contributed by atoms with Crippen LogP contribution in [0.4, 0.5) is 5.69 Å². The van der Waals surface area contributed by atoms with Crippen LogP contribution in [0.2, 0.25) is 5.02 Å². The van der Waals surface area contributed by atoms with Gasteiger partial charge in [0.15, 0.2) is 0 Å². The van der Waals surface area contributed by atoms with Gasteiger partial charge in [0.05, 0.1) is 9.95 Å². The summed E-state index contributed by atoms with van der Waals surface area (Å²) in [6, 6.07) is 4.23. The lowest BCUT2D eigenvalue weighted by Crippen LogP contribution is -2.05. The summed E-state index contributed by atoms with van der Waals surface area (Å²) in [7, 11) is 1.84. The Hall–Kier alpha value is -1.57.